The summed E-state index contributed by atoms with van der Waals surface area (Å²) in [5.74, 6) is -1.31. The molecule has 0 spiro atoms. The van der Waals surface area contributed by atoms with Crippen LogP contribution in [-0.4, -0.2) is 23.0 Å². The number of carboxylic acid groups (broad SMARTS) is 1. The molecule has 1 rings (SSSR count). The number of amides is 1. The molecule has 1 amide bonds. The highest BCUT2D eigenvalue weighted by Gasteiger charge is 2.13. The van der Waals surface area contributed by atoms with E-state index in [1.54, 1.807) is 0 Å². The van der Waals surface area contributed by atoms with Crippen LogP contribution < -0.4 is 5.32 Å². The van der Waals surface area contributed by atoms with Gasteiger partial charge in [-0.1, -0.05) is 29.8 Å². The van der Waals surface area contributed by atoms with Crippen LogP contribution in [0.5, 0.6) is 0 Å². The predicted octanol–water partition coefficient (Wildman–Crippen LogP) is 1.13. The van der Waals surface area contributed by atoms with Gasteiger partial charge in [0, 0.05) is 0 Å². The fraction of sp³-hybridized carbons (Fsp3) is 0.333. The average molecular weight is 221 g/mol. The Labute approximate surface area is 94.3 Å². The minimum Gasteiger partial charge on any atom is -0.480 e. The van der Waals surface area contributed by atoms with Gasteiger partial charge in [0.15, 0.2) is 0 Å². The minimum atomic E-state index is -1.03. The van der Waals surface area contributed by atoms with Gasteiger partial charge >= 0.3 is 5.97 Å². The maximum atomic E-state index is 11.5. The molecule has 1 unspecified atom stereocenters. The Morgan fingerprint density at radius 3 is 2.69 bits per heavy atom. The quantitative estimate of drug-likeness (QED) is 0.800. The molecule has 0 aromatic heterocycles. The molecule has 0 aliphatic carbocycles. The predicted molar refractivity (Wildman–Crippen MR) is 60.1 cm³/mol. The van der Waals surface area contributed by atoms with E-state index in [1.807, 2.05) is 31.2 Å². The van der Waals surface area contributed by atoms with Gasteiger partial charge in [0.2, 0.25) is 5.91 Å². The molecule has 4 heteroatoms. The van der Waals surface area contributed by atoms with Gasteiger partial charge in [-0.3, -0.25) is 9.59 Å². The van der Waals surface area contributed by atoms with E-state index in [-0.39, 0.29) is 12.3 Å². The largest absolute Gasteiger partial charge is 0.480 e. The maximum absolute atomic E-state index is 11.5. The van der Waals surface area contributed by atoms with Crippen molar-refractivity contribution in [3.63, 3.8) is 0 Å². The molecule has 0 bridgehead atoms. The smallest absolute Gasteiger partial charge is 0.325 e. The monoisotopic (exact) mass is 221 g/mol. The molecule has 0 radical (unpaired) electrons. The molecular formula is C12H15NO3. The Morgan fingerprint density at radius 1 is 1.44 bits per heavy atom. The summed E-state index contributed by atoms with van der Waals surface area (Å²) >= 11 is 0. The van der Waals surface area contributed by atoms with E-state index < -0.39 is 12.0 Å². The third-order valence-corrected chi connectivity index (χ3v) is 2.20. The molecule has 0 saturated carbocycles. The average Bonchev–Trinajstić information content (AvgIpc) is 2.16. The first-order valence-electron chi connectivity index (χ1n) is 5.07. The Kier molecular flexibility index (Phi) is 4.05. The van der Waals surface area contributed by atoms with Crippen molar-refractivity contribution in [2.24, 2.45) is 0 Å². The summed E-state index contributed by atoms with van der Waals surface area (Å²) in [6.07, 6.45) is 0.208. The van der Waals surface area contributed by atoms with Gasteiger partial charge in [-0.25, -0.2) is 0 Å². The van der Waals surface area contributed by atoms with Gasteiger partial charge in [0.1, 0.15) is 6.04 Å². The van der Waals surface area contributed by atoms with Crippen molar-refractivity contribution in [2.45, 2.75) is 26.3 Å². The van der Waals surface area contributed by atoms with E-state index in [0.29, 0.717) is 0 Å². The van der Waals surface area contributed by atoms with Gasteiger partial charge < -0.3 is 10.4 Å². The van der Waals surface area contributed by atoms with E-state index in [0.717, 1.165) is 11.1 Å². The summed E-state index contributed by atoms with van der Waals surface area (Å²) in [4.78, 5) is 22.0. The minimum absolute atomic E-state index is 0.208. The zero-order valence-electron chi connectivity index (χ0n) is 9.36. The van der Waals surface area contributed by atoms with Gasteiger partial charge in [-0.2, -0.15) is 0 Å². The molecule has 1 aromatic rings. The van der Waals surface area contributed by atoms with Crippen LogP contribution in [0.15, 0.2) is 24.3 Å². The molecule has 2 N–H and O–H groups in total. The number of hydrogen-bond acceptors (Lipinski definition) is 2. The van der Waals surface area contributed by atoms with Crippen LogP contribution in [0, 0.1) is 6.92 Å². The standard InChI is InChI=1S/C12H15NO3/c1-8-4-3-5-10(6-8)7-11(14)13-9(2)12(15)16/h3-6,9H,7H2,1-2H3,(H,13,14)(H,15,16). The van der Waals surface area contributed by atoms with Crippen molar-refractivity contribution < 1.29 is 14.7 Å². The van der Waals surface area contributed by atoms with Crippen LogP contribution in [0.25, 0.3) is 0 Å². The van der Waals surface area contributed by atoms with Crippen LogP contribution in [0.3, 0.4) is 0 Å². The van der Waals surface area contributed by atoms with Crippen molar-refractivity contribution in [1.82, 2.24) is 5.32 Å². The van der Waals surface area contributed by atoms with E-state index in [1.165, 1.54) is 6.92 Å². The van der Waals surface area contributed by atoms with Crippen molar-refractivity contribution in [3.8, 4) is 0 Å². The summed E-state index contributed by atoms with van der Waals surface area (Å²) in [5, 5.41) is 11.0. The lowest BCUT2D eigenvalue weighted by atomic mass is 10.1. The number of hydrogen-bond donors (Lipinski definition) is 2. The first kappa shape index (κ1) is 12.2. The molecular weight excluding hydrogens is 206 g/mol. The maximum Gasteiger partial charge on any atom is 0.325 e. The molecule has 0 saturated heterocycles. The number of aryl methyl sites for hydroxylation is 1. The van der Waals surface area contributed by atoms with E-state index in [4.69, 9.17) is 5.11 Å². The molecule has 86 valence electrons. The van der Waals surface area contributed by atoms with Gasteiger partial charge in [0.25, 0.3) is 0 Å². The van der Waals surface area contributed by atoms with Crippen LogP contribution >= 0.6 is 0 Å². The van der Waals surface area contributed by atoms with Crippen LogP contribution in [0.2, 0.25) is 0 Å². The fourth-order valence-corrected chi connectivity index (χ4v) is 1.36. The molecule has 16 heavy (non-hydrogen) atoms. The van der Waals surface area contributed by atoms with Crippen molar-refractivity contribution in [2.75, 3.05) is 0 Å². The summed E-state index contributed by atoms with van der Waals surface area (Å²) in [6.45, 7) is 3.39. The highest BCUT2D eigenvalue weighted by atomic mass is 16.4. The number of benzene rings is 1. The van der Waals surface area contributed by atoms with E-state index in [2.05, 4.69) is 5.32 Å². The number of carbonyl (C=O) groups excluding carboxylic acids is 1. The molecule has 1 atom stereocenters. The Morgan fingerprint density at radius 2 is 2.12 bits per heavy atom. The van der Waals surface area contributed by atoms with E-state index in [9.17, 15) is 9.59 Å². The summed E-state index contributed by atoms with van der Waals surface area (Å²) in [5.41, 5.74) is 1.96. The molecule has 0 aliphatic heterocycles. The number of carbonyl (C=O) groups is 2. The van der Waals surface area contributed by atoms with Crippen LogP contribution in [0.4, 0.5) is 0 Å². The van der Waals surface area contributed by atoms with Gasteiger partial charge in [-0.05, 0) is 19.4 Å². The normalized spacial score (nSPS) is 11.9. The molecule has 4 nitrogen and oxygen atoms in total. The number of nitrogens with one attached hydrogen (secondary N) is 1. The number of carboxylic acids is 1. The zero-order chi connectivity index (χ0) is 12.1. The SMILES string of the molecule is Cc1cccc(CC(=O)NC(C)C(=O)O)c1. The lowest BCUT2D eigenvalue weighted by Crippen LogP contribution is -2.39. The Hall–Kier alpha value is -1.84. The molecule has 1 aromatic carbocycles. The lowest BCUT2D eigenvalue weighted by molar-refractivity contribution is -0.141. The Bertz CT molecular complexity index is 401. The Balaban J connectivity index is 2.55. The second-order valence-electron chi connectivity index (χ2n) is 3.79. The van der Waals surface area contributed by atoms with Gasteiger partial charge in [0.05, 0.1) is 6.42 Å². The lowest BCUT2D eigenvalue weighted by Gasteiger charge is -2.09. The fourth-order valence-electron chi connectivity index (χ4n) is 1.36. The highest BCUT2D eigenvalue weighted by Crippen LogP contribution is 2.04. The number of aliphatic carboxylic acids is 1. The van der Waals surface area contributed by atoms with Crippen molar-refractivity contribution in [3.05, 3.63) is 35.4 Å². The highest BCUT2D eigenvalue weighted by molar-refractivity contribution is 5.84. The van der Waals surface area contributed by atoms with Crippen molar-refractivity contribution in [1.29, 1.82) is 0 Å². The second-order valence-corrected chi connectivity index (χ2v) is 3.79. The molecule has 0 heterocycles. The van der Waals surface area contributed by atoms with Crippen molar-refractivity contribution >= 4 is 11.9 Å². The molecule has 0 aliphatic rings. The molecule has 0 fully saturated rings. The summed E-state index contributed by atoms with van der Waals surface area (Å²) < 4.78 is 0. The van der Waals surface area contributed by atoms with Crippen LogP contribution in [-0.2, 0) is 16.0 Å². The first-order chi connectivity index (χ1) is 7.49. The second kappa shape index (κ2) is 5.30. The summed E-state index contributed by atoms with van der Waals surface area (Å²) in [6, 6.07) is 6.72. The van der Waals surface area contributed by atoms with Crippen LogP contribution in [0.1, 0.15) is 18.1 Å². The van der Waals surface area contributed by atoms with Gasteiger partial charge in [-0.15, -0.1) is 0 Å². The third kappa shape index (κ3) is 3.73. The topological polar surface area (TPSA) is 66.4 Å². The first-order valence-corrected chi connectivity index (χ1v) is 5.07. The summed E-state index contributed by atoms with van der Waals surface area (Å²) in [7, 11) is 0. The number of rotatable bonds is 4. The zero-order valence-corrected chi connectivity index (χ0v) is 9.36. The van der Waals surface area contributed by atoms with E-state index >= 15 is 0 Å². The third-order valence-electron chi connectivity index (χ3n) is 2.20.